The fourth-order valence-electron chi connectivity index (χ4n) is 1.17. The molecule has 0 aliphatic rings. The molecule has 4 nitrogen and oxygen atoms in total. The van der Waals surface area contributed by atoms with Crippen LogP contribution in [0.1, 0.15) is 24.2 Å². The van der Waals surface area contributed by atoms with Crippen LogP contribution in [0, 0.1) is 10.1 Å². The lowest BCUT2D eigenvalue weighted by Gasteiger charge is -1.95. The highest BCUT2D eigenvalue weighted by Crippen LogP contribution is 2.12. The zero-order valence-corrected chi connectivity index (χ0v) is 9.71. The largest absolute Gasteiger partial charge is 0.289 e. The van der Waals surface area contributed by atoms with E-state index in [2.05, 4.69) is 0 Å². The van der Waals surface area contributed by atoms with Crippen LogP contribution in [-0.4, -0.2) is 10.7 Å². The predicted molar refractivity (Wildman–Crippen MR) is 66.0 cm³/mol. The molecule has 0 heterocycles. The third kappa shape index (κ3) is 4.03. The number of rotatable bonds is 4. The molecule has 1 aromatic rings. The van der Waals surface area contributed by atoms with Gasteiger partial charge < -0.3 is 0 Å². The van der Waals surface area contributed by atoms with Gasteiger partial charge in [0.2, 0.25) is 0 Å². The first-order valence-corrected chi connectivity index (χ1v) is 5.11. The summed E-state index contributed by atoms with van der Waals surface area (Å²) in [6, 6.07) is 5.55. The Kier molecular flexibility index (Phi) is 4.34. The third-order valence-corrected chi connectivity index (χ3v) is 2.04. The van der Waals surface area contributed by atoms with Crippen molar-refractivity contribution in [2.45, 2.75) is 13.8 Å². The Labute approximate surface area is 99.4 Å². The fraction of sp³-hybridized carbons (Fsp3) is 0.154. The maximum absolute atomic E-state index is 11.6. The minimum absolute atomic E-state index is 0.0187. The van der Waals surface area contributed by atoms with Crippen molar-refractivity contribution in [3.05, 3.63) is 63.7 Å². The Bertz CT molecular complexity index is 480. The second-order valence-corrected chi connectivity index (χ2v) is 3.77. The monoisotopic (exact) mass is 231 g/mol. The molecular weight excluding hydrogens is 218 g/mol. The standard InChI is InChI=1S/C13H13NO3/c1-10(2)4-3-5-13(15)11-6-8-12(9-7-11)14(16)17/h3-9H,1-2H3. The van der Waals surface area contributed by atoms with E-state index in [0.717, 1.165) is 5.57 Å². The molecular formula is C13H13NO3. The molecule has 0 aliphatic heterocycles. The van der Waals surface area contributed by atoms with Crippen LogP contribution in [0.5, 0.6) is 0 Å². The van der Waals surface area contributed by atoms with Crippen molar-refractivity contribution in [2.24, 2.45) is 0 Å². The fourth-order valence-corrected chi connectivity index (χ4v) is 1.17. The summed E-state index contributed by atoms with van der Waals surface area (Å²) >= 11 is 0. The summed E-state index contributed by atoms with van der Waals surface area (Å²) in [4.78, 5) is 21.6. The zero-order valence-electron chi connectivity index (χ0n) is 9.71. The van der Waals surface area contributed by atoms with Gasteiger partial charge in [0.1, 0.15) is 0 Å². The van der Waals surface area contributed by atoms with Crippen LogP contribution in [0.3, 0.4) is 0 Å². The Morgan fingerprint density at radius 1 is 1.24 bits per heavy atom. The van der Waals surface area contributed by atoms with Gasteiger partial charge in [0.15, 0.2) is 5.78 Å². The number of hydrogen-bond acceptors (Lipinski definition) is 3. The normalized spacial score (nSPS) is 10.2. The molecule has 17 heavy (non-hydrogen) atoms. The minimum atomic E-state index is -0.493. The molecule has 0 spiro atoms. The van der Waals surface area contributed by atoms with Gasteiger partial charge in [0.25, 0.3) is 5.69 Å². The van der Waals surface area contributed by atoms with Crippen LogP contribution in [0.4, 0.5) is 5.69 Å². The van der Waals surface area contributed by atoms with E-state index in [-0.39, 0.29) is 11.5 Å². The lowest BCUT2D eigenvalue weighted by atomic mass is 10.1. The quantitative estimate of drug-likeness (QED) is 0.262. The predicted octanol–water partition coefficient (Wildman–Crippen LogP) is 3.30. The number of benzene rings is 1. The van der Waals surface area contributed by atoms with Crippen molar-refractivity contribution < 1.29 is 9.72 Å². The van der Waals surface area contributed by atoms with Crippen LogP contribution in [0.2, 0.25) is 0 Å². The summed E-state index contributed by atoms with van der Waals surface area (Å²) in [7, 11) is 0. The molecule has 0 amide bonds. The minimum Gasteiger partial charge on any atom is -0.289 e. The molecule has 0 aromatic heterocycles. The van der Waals surface area contributed by atoms with E-state index in [4.69, 9.17) is 0 Å². The Morgan fingerprint density at radius 3 is 2.29 bits per heavy atom. The molecule has 0 aliphatic carbocycles. The summed E-state index contributed by atoms with van der Waals surface area (Å²) < 4.78 is 0. The van der Waals surface area contributed by atoms with Gasteiger partial charge >= 0.3 is 0 Å². The van der Waals surface area contributed by atoms with Gasteiger partial charge in [0.05, 0.1) is 4.92 Å². The molecule has 0 saturated heterocycles. The molecule has 0 atom stereocenters. The number of hydrogen-bond donors (Lipinski definition) is 0. The highest BCUT2D eigenvalue weighted by molar-refractivity contribution is 6.04. The summed E-state index contributed by atoms with van der Waals surface area (Å²) in [5, 5.41) is 10.4. The first-order valence-electron chi connectivity index (χ1n) is 5.11. The molecule has 0 bridgehead atoms. The summed E-state index contributed by atoms with van der Waals surface area (Å²) in [6.07, 6.45) is 4.93. The van der Waals surface area contributed by atoms with Crippen molar-refractivity contribution in [3.8, 4) is 0 Å². The van der Waals surface area contributed by atoms with Gasteiger partial charge in [-0.2, -0.15) is 0 Å². The molecule has 1 rings (SSSR count). The molecule has 0 N–H and O–H groups in total. The SMILES string of the molecule is CC(C)=CC=CC(=O)c1ccc([N+](=O)[O-])cc1. The number of nitro groups is 1. The number of carbonyl (C=O) groups is 1. The lowest BCUT2D eigenvalue weighted by Crippen LogP contribution is -1.95. The zero-order chi connectivity index (χ0) is 12.8. The molecule has 0 saturated carbocycles. The number of carbonyl (C=O) groups excluding carboxylic acids is 1. The van der Waals surface area contributed by atoms with E-state index < -0.39 is 4.92 Å². The van der Waals surface area contributed by atoms with E-state index in [1.165, 1.54) is 30.3 Å². The van der Waals surface area contributed by atoms with E-state index in [1.807, 2.05) is 19.9 Å². The second kappa shape index (κ2) is 5.75. The number of nitro benzene ring substituents is 1. The topological polar surface area (TPSA) is 60.2 Å². The first-order chi connectivity index (χ1) is 8.00. The van der Waals surface area contributed by atoms with Crippen LogP contribution in [-0.2, 0) is 0 Å². The smallest absolute Gasteiger partial charge is 0.269 e. The van der Waals surface area contributed by atoms with Gasteiger partial charge in [-0.15, -0.1) is 0 Å². The average molecular weight is 231 g/mol. The number of non-ortho nitro benzene ring substituents is 1. The summed E-state index contributed by atoms with van der Waals surface area (Å²) in [5.41, 5.74) is 1.52. The van der Waals surface area contributed by atoms with Crippen LogP contribution in [0.25, 0.3) is 0 Å². The van der Waals surface area contributed by atoms with Crippen molar-refractivity contribution in [3.63, 3.8) is 0 Å². The van der Waals surface area contributed by atoms with Gasteiger partial charge in [-0.3, -0.25) is 14.9 Å². The maximum atomic E-state index is 11.6. The highest BCUT2D eigenvalue weighted by Gasteiger charge is 2.06. The van der Waals surface area contributed by atoms with Crippen LogP contribution >= 0.6 is 0 Å². The number of nitrogens with zero attached hydrogens (tertiary/aromatic N) is 1. The van der Waals surface area contributed by atoms with E-state index >= 15 is 0 Å². The van der Waals surface area contributed by atoms with Gasteiger partial charge in [-0.25, -0.2) is 0 Å². The molecule has 0 unspecified atom stereocenters. The van der Waals surface area contributed by atoms with Crippen molar-refractivity contribution in [2.75, 3.05) is 0 Å². The summed E-state index contributed by atoms with van der Waals surface area (Å²) in [5.74, 6) is -0.169. The van der Waals surface area contributed by atoms with E-state index in [0.29, 0.717) is 5.56 Å². The third-order valence-electron chi connectivity index (χ3n) is 2.04. The number of ketones is 1. The van der Waals surface area contributed by atoms with E-state index in [1.54, 1.807) is 6.08 Å². The van der Waals surface area contributed by atoms with Crippen molar-refractivity contribution in [1.29, 1.82) is 0 Å². The molecule has 4 heteroatoms. The lowest BCUT2D eigenvalue weighted by molar-refractivity contribution is -0.384. The average Bonchev–Trinajstić information content (AvgIpc) is 2.28. The van der Waals surface area contributed by atoms with Gasteiger partial charge in [-0.05, 0) is 32.1 Å². The van der Waals surface area contributed by atoms with Gasteiger partial charge in [-0.1, -0.05) is 17.7 Å². The first kappa shape index (κ1) is 12.8. The highest BCUT2D eigenvalue weighted by atomic mass is 16.6. The van der Waals surface area contributed by atoms with Crippen LogP contribution in [0.15, 0.2) is 48.1 Å². The molecule has 0 fully saturated rings. The maximum Gasteiger partial charge on any atom is 0.269 e. The number of allylic oxidation sites excluding steroid dienone is 4. The second-order valence-electron chi connectivity index (χ2n) is 3.77. The Hall–Kier alpha value is -2.23. The molecule has 0 radical (unpaired) electrons. The molecule has 1 aromatic carbocycles. The summed E-state index contributed by atoms with van der Waals surface area (Å²) in [6.45, 7) is 3.86. The Balaban J connectivity index is 2.80. The molecule has 88 valence electrons. The van der Waals surface area contributed by atoms with Gasteiger partial charge in [0, 0.05) is 17.7 Å². The Morgan fingerprint density at radius 2 is 1.82 bits per heavy atom. The van der Waals surface area contributed by atoms with Crippen molar-refractivity contribution >= 4 is 11.5 Å². The van der Waals surface area contributed by atoms with Crippen molar-refractivity contribution in [1.82, 2.24) is 0 Å². The van der Waals surface area contributed by atoms with E-state index in [9.17, 15) is 14.9 Å². The van der Waals surface area contributed by atoms with Crippen LogP contribution < -0.4 is 0 Å².